The second kappa shape index (κ2) is 3.27. The quantitative estimate of drug-likeness (QED) is 0.562. The molecule has 46 valence electrons. The number of rotatable bonds is 3. The molecule has 0 aliphatic heterocycles. The molecule has 0 fully saturated rings. The standard InChI is InChI=1S/C6H11NO/c1-5(2)7-6(3)4-8/h7-8H,1,3-4H2,2H3. The van der Waals surface area contributed by atoms with E-state index < -0.39 is 0 Å². The third-order valence-electron chi connectivity index (χ3n) is 0.581. The summed E-state index contributed by atoms with van der Waals surface area (Å²) in [5.74, 6) is 0. The Labute approximate surface area is 49.5 Å². The topological polar surface area (TPSA) is 32.3 Å². The lowest BCUT2D eigenvalue weighted by atomic mass is 10.4. The maximum Gasteiger partial charge on any atom is 0.0824 e. The molecule has 0 amide bonds. The van der Waals surface area contributed by atoms with Gasteiger partial charge >= 0.3 is 0 Å². The van der Waals surface area contributed by atoms with Crippen LogP contribution in [-0.4, -0.2) is 11.7 Å². The van der Waals surface area contributed by atoms with Crippen LogP contribution in [0.15, 0.2) is 24.6 Å². The van der Waals surface area contributed by atoms with Crippen molar-refractivity contribution in [3.05, 3.63) is 24.6 Å². The van der Waals surface area contributed by atoms with E-state index >= 15 is 0 Å². The summed E-state index contributed by atoms with van der Waals surface area (Å²) in [7, 11) is 0. The Balaban J connectivity index is 3.40. The highest BCUT2D eigenvalue weighted by molar-refractivity contribution is 5.01. The Morgan fingerprint density at radius 3 is 2.25 bits per heavy atom. The van der Waals surface area contributed by atoms with Gasteiger partial charge in [-0.05, 0) is 6.92 Å². The predicted molar refractivity (Wildman–Crippen MR) is 34.2 cm³/mol. The Hall–Kier alpha value is -0.760. The van der Waals surface area contributed by atoms with Gasteiger partial charge in [0.1, 0.15) is 0 Å². The second-order valence-corrected chi connectivity index (χ2v) is 1.67. The first-order chi connectivity index (χ1) is 3.66. The fourth-order valence-electron chi connectivity index (χ4n) is 0.341. The van der Waals surface area contributed by atoms with Crippen molar-refractivity contribution in [3.8, 4) is 0 Å². The first-order valence-electron chi connectivity index (χ1n) is 2.38. The second-order valence-electron chi connectivity index (χ2n) is 1.67. The number of nitrogens with one attached hydrogen (secondary N) is 1. The molecule has 0 saturated heterocycles. The van der Waals surface area contributed by atoms with Crippen LogP contribution in [0.5, 0.6) is 0 Å². The molecule has 0 aliphatic rings. The van der Waals surface area contributed by atoms with Gasteiger partial charge in [0.05, 0.1) is 6.61 Å². The lowest BCUT2D eigenvalue weighted by Gasteiger charge is -2.03. The minimum absolute atomic E-state index is 0.0349. The zero-order valence-electron chi connectivity index (χ0n) is 5.07. The summed E-state index contributed by atoms with van der Waals surface area (Å²) in [5.41, 5.74) is 1.38. The third kappa shape index (κ3) is 3.43. The van der Waals surface area contributed by atoms with Crippen molar-refractivity contribution < 1.29 is 5.11 Å². The average Bonchev–Trinajstić information content (AvgIpc) is 1.65. The van der Waals surface area contributed by atoms with Crippen molar-refractivity contribution in [2.45, 2.75) is 6.92 Å². The maximum absolute atomic E-state index is 8.38. The Morgan fingerprint density at radius 2 is 2.12 bits per heavy atom. The molecule has 0 aliphatic carbocycles. The molecule has 0 atom stereocenters. The van der Waals surface area contributed by atoms with E-state index in [1.54, 1.807) is 6.92 Å². The fourth-order valence-corrected chi connectivity index (χ4v) is 0.341. The van der Waals surface area contributed by atoms with Crippen molar-refractivity contribution >= 4 is 0 Å². The summed E-state index contributed by atoms with van der Waals surface area (Å²) in [6, 6.07) is 0. The number of hydrogen-bond donors (Lipinski definition) is 2. The summed E-state index contributed by atoms with van der Waals surface area (Å²) >= 11 is 0. The van der Waals surface area contributed by atoms with Gasteiger partial charge in [-0.2, -0.15) is 0 Å². The zero-order valence-corrected chi connectivity index (χ0v) is 5.07. The van der Waals surface area contributed by atoms with Gasteiger partial charge in [0.25, 0.3) is 0 Å². The largest absolute Gasteiger partial charge is 0.390 e. The van der Waals surface area contributed by atoms with Crippen LogP contribution < -0.4 is 5.32 Å². The number of aliphatic hydroxyl groups is 1. The minimum atomic E-state index is -0.0349. The van der Waals surface area contributed by atoms with Crippen molar-refractivity contribution in [3.63, 3.8) is 0 Å². The van der Waals surface area contributed by atoms with Gasteiger partial charge < -0.3 is 10.4 Å². The number of hydrogen-bond acceptors (Lipinski definition) is 2. The van der Waals surface area contributed by atoms with E-state index in [4.69, 9.17) is 5.11 Å². The SMILES string of the molecule is C=C(C)NC(=C)CO. The maximum atomic E-state index is 8.38. The van der Waals surface area contributed by atoms with Gasteiger partial charge in [-0.25, -0.2) is 0 Å². The van der Waals surface area contributed by atoms with Gasteiger partial charge in [-0.1, -0.05) is 13.2 Å². The van der Waals surface area contributed by atoms with Gasteiger partial charge in [-0.3, -0.25) is 0 Å². The van der Waals surface area contributed by atoms with E-state index in [0.29, 0.717) is 5.70 Å². The minimum Gasteiger partial charge on any atom is -0.390 e. The van der Waals surface area contributed by atoms with Crippen LogP contribution in [0, 0.1) is 0 Å². The Morgan fingerprint density at radius 1 is 1.62 bits per heavy atom. The normalized spacial score (nSPS) is 8.25. The molecule has 8 heavy (non-hydrogen) atoms. The van der Waals surface area contributed by atoms with Crippen LogP contribution in [-0.2, 0) is 0 Å². The average molecular weight is 113 g/mol. The molecule has 0 rings (SSSR count). The molecule has 2 N–H and O–H groups in total. The fraction of sp³-hybridized carbons (Fsp3) is 0.333. The van der Waals surface area contributed by atoms with Crippen LogP contribution in [0.4, 0.5) is 0 Å². The van der Waals surface area contributed by atoms with Crippen molar-refractivity contribution in [2.24, 2.45) is 0 Å². The zero-order chi connectivity index (χ0) is 6.57. The molecular formula is C6H11NO. The first-order valence-corrected chi connectivity index (χ1v) is 2.38. The van der Waals surface area contributed by atoms with Gasteiger partial charge in [0.15, 0.2) is 0 Å². The summed E-state index contributed by atoms with van der Waals surface area (Å²) in [6.07, 6.45) is 0. The van der Waals surface area contributed by atoms with Crippen LogP contribution in [0.1, 0.15) is 6.92 Å². The van der Waals surface area contributed by atoms with E-state index in [9.17, 15) is 0 Å². The Bertz CT molecular complexity index is 107. The summed E-state index contributed by atoms with van der Waals surface area (Å²) in [5, 5.41) is 11.1. The molecule has 2 nitrogen and oxygen atoms in total. The monoisotopic (exact) mass is 113 g/mol. The molecule has 0 unspecified atom stereocenters. The number of allylic oxidation sites excluding steroid dienone is 1. The lowest BCUT2D eigenvalue weighted by molar-refractivity contribution is 0.325. The third-order valence-corrected chi connectivity index (χ3v) is 0.581. The first kappa shape index (κ1) is 7.24. The highest BCUT2D eigenvalue weighted by Gasteiger charge is 1.85. The molecule has 0 radical (unpaired) electrons. The van der Waals surface area contributed by atoms with E-state index in [1.165, 1.54) is 0 Å². The van der Waals surface area contributed by atoms with E-state index in [2.05, 4.69) is 18.5 Å². The Kier molecular flexibility index (Phi) is 2.96. The summed E-state index contributed by atoms with van der Waals surface area (Å²) < 4.78 is 0. The highest BCUT2D eigenvalue weighted by atomic mass is 16.3. The number of aliphatic hydroxyl groups excluding tert-OH is 1. The lowest BCUT2D eigenvalue weighted by Crippen LogP contribution is -2.10. The van der Waals surface area contributed by atoms with Crippen molar-refractivity contribution in [2.75, 3.05) is 6.61 Å². The van der Waals surface area contributed by atoms with E-state index in [-0.39, 0.29) is 6.61 Å². The summed E-state index contributed by atoms with van der Waals surface area (Å²) in [6.45, 7) is 8.82. The van der Waals surface area contributed by atoms with Crippen molar-refractivity contribution in [1.29, 1.82) is 0 Å². The molecule has 0 spiro atoms. The highest BCUT2D eigenvalue weighted by Crippen LogP contribution is 1.85. The van der Waals surface area contributed by atoms with Crippen LogP contribution >= 0.6 is 0 Å². The van der Waals surface area contributed by atoms with E-state index in [1.807, 2.05) is 0 Å². The van der Waals surface area contributed by atoms with Gasteiger partial charge in [0, 0.05) is 11.4 Å². The predicted octanol–water partition coefficient (Wildman–Crippen LogP) is 0.616. The molecule has 0 heterocycles. The van der Waals surface area contributed by atoms with Crippen LogP contribution in [0.25, 0.3) is 0 Å². The molecule has 0 bridgehead atoms. The molecular weight excluding hydrogens is 102 g/mol. The molecule has 0 aromatic carbocycles. The van der Waals surface area contributed by atoms with Crippen LogP contribution in [0.2, 0.25) is 0 Å². The van der Waals surface area contributed by atoms with Gasteiger partial charge in [-0.15, -0.1) is 0 Å². The van der Waals surface area contributed by atoms with Crippen LogP contribution in [0.3, 0.4) is 0 Å². The molecule has 0 aromatic heterocycles. The van der Waals surface area contributed by atoms with Gasteiger partial charge in [0.2, 0.25) is 0 Å². The smallest absolute Gasteiger partial charge is 0.0824 e. The summed E-state index contributed by atoms with van der Waals surface area (Å²) in [4.78, 5) is 0. The van der Waals surface area contributed by atoms with E-state index in [0.717, 1.165) is 5.70 Å². The van der Waals surface area contributed by atoms with Crippen molar-refractivity contribution in [1.82, 2.24) is 5.32 Å². The molecule has 2 heteroatoms. The molecule has 0 aromatic rings. The molecule has 0 saturated carbocycles.